The van der Waals surface area contributed by atoms with Crippen LogP contribution in [-0.4, -0.2) is 17.6 Å². The molecular weight excluding hydrogens is 459 g/mol. The van der Waals surface area contributed by atoms with Crippen molar-refractivity contribution in [3.63, 3.8) is 0 Å². The van der Waals surface area contributed by atoms with Crippen molar-refractivity contribution >= 4 is 38.5 Å². The number of hydrogen-bond acceptors (Lipinski definition) is 3. The van der Waals surface area contributed by atoms with Crippen molar-refractivity contribution in [2.45, 2.75) is 25.2 Å². The Hall–Kier alpha value is -4.08. The summed E-state index contributed by atoms with van der Waals surface area (Å²) in [5, 5.41) is 14.9. The minimum absolute atomic E-state index is 0.127. The summed E-state index contributed by atoms with van der Waals surface area (Å²) in [5.41, 5.74) is 6.54. The van der Waals surface area contributed by atoms with E-state index in [0.717, 1.165) is 39.7 Å². The molecule has 4 aromatic rings. The van der Waals surface area contributed by atoms with E-state index in [1.54, 1.807) is 18.2 Å². The van der Waals surface area contributed by atoms with Crippen molar-refractivity contribution in [3.8, 4) is 11.8 Å². The van der Waals surface area contributed by atoms with E-state index < -0.39 is 11.9 Å². The standard InChI is InChI=1S/C30H24F3N3/c1-19-18-29(19,35)36-25-13-7-20(8-14-25)6-9-23(17-28(34)30(31,32)33)22-12-15-27-24(16-22)11-10-21-4-2-3-5-26(21)27/h2-5,7-8,10-17,19,34,36H,18,35H2,1H3/b23-17+,34-28?. The summed E-state index contributed by atoms with van der Waals surface area (Å²) in [6.07, 6.45) is -3.07. The molecule has 4 N–H and O–H groups in total. The number of nitrogens with two attached hydrogens (primary N) is 1. The Morgan fingerprint density at radius 3 is 2.36 bits per heavy atom. The van der Waals surface area contributed by atoms with E-state index in [1.165, 1.54) is 0 Å². The Bertz CT molecular complexity index is 1570. The second-order valence-corrected chi connectivity index (χ2v) is 9.29. The van der Waals surface area contributed by atoms with E-state index in [1.807, 2.05) is 60.7 Å². The first-order valence-electron chi connectivity index (χ1n) is 11.6. The van der Waals surface area contributed by atoms with Crippen LogP contribution in [0.3, 0.4) is 0 Å². The Morgan fingerprint density at radius 1 is 1.00 bits per heavy atom. The number of alkyl halides is 3. The maximum atomic E-state index is 13.2. The number of halogens is 3. The molecule has 2 unspecified atom stereocenters. The molecule has 1 saturated carbocycles. The largest absolute Gasteiger partial charge is 0.432 e. The van der Waals surface area contributed by atoms with Crippen molar-refractivity contribution in [2.24, 2.45) is 11.7 Å². The summed E-state index contributed by atoms with van der Waals surface area (Å²) < 4.78 is 39.6. The first-order valence-corrected chi connectivity index (χ1v) is 11.6. The minimum atomic E-state index is -4.76. The Balaban J connectivity index is 1.50. The highest BCUT2D eigenvalue weighted by atomic mass is 19.4. The molecule has 0 aromatic heterocycles. The van der Waals surface area contributed by atoms with E-state index in [0.29, 0.717) is 17.0 Å². The lowest BCUT2D eigenvalue weighted by atomic mass is 9.96. The summed E-state index contributed by atoms with van der Waals surface area (Å²) in [5.74, 6) is 6.22. The molecule has 5 rings (SSSR count). The van der Waals surface area contributed by atoms with Gasteiger partial charge in [-0.3, -0.25) is 5.41 Å². The molecular formula is C30H24F3N3. The van der Waals surface area contributed by atoms with E-state index in [4.69, 9.17) is 11.1 Å². The van der Waals surface area contributed by atoms with Crippen LogP contribution in [-0.2, 0) is 0 Å². The molecule has 0 heterocycles. The molecule has 1 aliphatic carbocycles. The van der Waals surface area contributed by atoms with Gasteiger partial charge in [0, 0.05) is 16.8 Å². The maximum absolute atomic E-state index is 13.2. The average Bonchev–Trinajstić information content (AvgIpc) is 3.46. The summed E-state index contributed by atoms with van der Waals surface area (Å²) in [6.45, 7) is 2.08. The fourth-order valence-corrected chi connectivity index (χ4v) is 4.27. The third-order valence-electron chi connectivity index (χ3n) is 6.62. The van der Waals surface area contributed by atoms with Crippen LogP contribution in [0.1, 0.15) is 24.5 Å². The van der Waals surface area contributed by atoms with Gasteiger partial charge in [0.1, 0.15) is 5.71 Å². The van der Waals surface area contributed by atoms with Crippen LogP contribution in [0.5, 0.6) is 0 Å². The third kappa shape index (κ3) is 4.84. The number of fused-ring (bicyclic) bond motifs is 3. The lowest BCUT2D eigenvalue weighted by Gasteiger charge is -2.14. The number of allylic oxidation sites excluding steroid dienone is 2. The van der Waals surface area contributed by atoms with E-state index in [9.17, 15) is 13.2 Å². The van der Waals surface area contributed by atoms with E-state index in [2.05, 4.69) is 24.1 Å². The summed E-state index contributed by atoms with van der Waals surface area (Å²) in [4.78, 5) is 0. The molecule has 0 amide bonds. The van der Waals surface area contributed by atoms with E-state index in [-0.39, 0.29) is 11.2 Å². The lowest BCUT2D eigenvalue weighted by molar-refractivity contribution is -0.0583. The third-order valence-corrected chi connectivity index (χ3v) is 6.62. The Kier molecular flexibility index (Phi) is 5.82. The molecule has 36 heavy (non-hydrogen) atoms. The number of benzene rings is 4. The lowest BCUT2D eigenvalue weighted by Crippen LogP contribution is -2.34. The molecule has 1 fully saturated rings. The molecule has 0 saturated heterocycles. The van der Waals surface area contributed by atoms with Gasteiger partial charge in [0.25, 0.3) is 0 Å². The number of rotatable bonds is 4. The summed E-state index contributed by atoms with van der Waals surface area (Å²) >= 11 is 0. The molecule has 0 bridgehead atoms. The molecule has 4 aromatic carbocycles. The van der Waals surface area contributed by atoms with Crippen LogP contribution in [0.25, 0.3) is 27.1 Å². The highest BCUT2D eigenvalue weighted by molar-refractivity contribution is 6.10. The number of anilines is 1. The second-order valence-electron chi connectivity index (χ2n) is 9.29. The van der Waals surface area contributed by atoms with Gasteiger partial charge in [-0.1, -0.05) is 67.3 Å². The van der Waals surface area contributed by atoms with Gasteiger partial charge in [-0.25, -0.2) is 0 Å². The first kappa shape index (κ1) is 23.7. The van der Waals surface area contributed by atoms with Crippen LogP contribution < -0.4 is 11.1 Å². The zero-order valence-corrected chi connectivity index (χ0v) is 19.6. The van der Waals surface area contributed by atoms with E-state index >= 15 is 0 Å². The van der Waals surface area contributed by atoms with Crippen molar-refractivity contribution in [3.05, 3.63) is 96.1 Å². The van der Waals surface area contributed by atoms with Crippen LogP contribution in [0.4, 0.5) is 18.9 Å². The minimum Gasteiger partial charge on any atom is -0.367 e. The zero-order valence-electron chi connectivity index (χ0n) is 19.6. The average molecular weight is 484 g/mol. The maximum Gasteiger partial charge on any atom is 0.432 e. The van der Waals surface area contributed by atoms with Gasteiger partial charge >= 0.3 is 6.18 Å². The Morgan fingerprint density at radius 2 is 1.67 bits per heavy atom. The van der Waals surface area contributed by atoms with Crippen LogP contribution >= 0.6 is 0 Å². The van der Waals surface area contributed by atoms with Crippen molar-refractivity contribution in [1.82, 2.24) is 0 Å². The fraction of sp³-hybridized carbons (Fsp3) is 0.167. The van der Waals surface area contributed by atoms with Gasteiger partial charge in [0.2, 0.25) is 0 Å². The summed E-state index contributed by atoms with van der Waals surface area (Å²) in [6, 6.07) is 24.6. The SMILES string of the molecule is CC1CC1(N)Nc1ccc(C#C/C(=C\C(=N)C(F)(F)F)c2ccc3c(ccc4ccccc43)c2)cc1. The van der Waals surface area contributed by atoms with Gasteiger partial charge < -0.3 is 11.1 Å². The van der Waals surface area contributed by atoms with Gasteiger partial charge in [0.15, 0.2) is 0 Å². The van der Waals surface area contributed by atoms with Crippen LogP contribution in [0, 0.1) is 23.2 Å². The monoisotopic (exact) mass is 483 g/mol. The smallest absolute Gasteiger partial charge is 0.367 e. The quantitative estimate of drug-likeness (QED) is 0.125. The first-order chi connectivity index (χ1) is 17.1. The number of hydrogen-bond donors (Lipinski definition) is 3. The molecule has 0 aliphatic heterocycles. The molecule has 2 atom stereocenters. The van der Waals surface area contributed by atoms with Crippen LogP contribution in [0.2, 0.25) is 0 Å². The Labute approximate surface area is 207 Å². The van der Waals surface area contributed by atoms with Crippen molar-refractivity contribution < 1.29 is 13.2 Å². The highest BCUT2D eigenvalue weighted by Gasteiger charge is 2.47. The molecule has 180 valence electrons. The molecule has 1 aliphatic rings. The normalized spacial score (nSPS) is 19.6. The van der Waals surface area contributed by atoms with Gasteiger partial charge in [0.05, 0.1) is 5.66 Å². The number of nitrogens with one attached hydrogen (secondary N) is 2. The summed E-state index contributed by atoms with van der Waals surface area (Å²) in [7, 11) is 0. The van der Waals surface area contributed by atoms with Crippen LogP contribution in [0.15, 0.2) is 84.9 Å². The van der Waals surface area contributed by atoms with Gasteiger partial charge in [-0.05, 0) is 75.9 Å². The van der Waals surface area contributed by atoms with Crippen molar-refractivity contribution in [2.75, 3.05) is 5.32 Å². The van der Waals surface area contributed by atoms with Gasteiger partial charge in [-0.15, -0.1) is 0 Å². The van der Waals surface area contributed by atoms with Gasteiger partial charge in [-0.2, -0.15) is 13.2 Å². The predicted molar refractivity (Wildman–Crippen MR) is 141 cm³/mol. The highest BCUT2D eigenvalue weighted by Crippen LogP contribution is 2.40. The fourth-order valence-electron chi connectivity index (χ4n) is 4.27. The molecule has 0 radical (unpaired) electrons. The molecule has 0 spiro atoms. The molecule has 3 nitrogen and oxygen atoms in total. The topological polar surface area (TPSA) is 61.9 Å². The zero-order chi connectivity index (χ0) is 25.5. The van der Waals surface area contributed by atoms with Crippen molar-refractivity contribution in [1.29, 1.82) is 5.41 Å². The second kappa shape index (κ2) is 8.85. The molecule has 6 heteroatoms. The predicted octanol–water partition coefficient (Wildman–Crippen LogP) is 7.12.